The van der Waals surface area contributed by atoms with Crippen LogP contribution >= 0.6 is 11.1 Å². The maximum absolute atomic E-state index is 6.30. The van der Waals surface area contributed by atoms with E-state index in [1.165, 1.54) is 18.0 Å². The van der Waals surface area contributed by atoms with Crippen LogP contribution in [0.5, 0.6) is 0 Å². The van der Waals surface area contributed by atoms with Gasteiger partial charge in [-0.3, -0.25) is 0 Å². The van der Waals surface area contributed by atoms with Crippen molar-refractivity contribution >= 4 is 19.9 Å². The van der Waals surface area contributed by atoms with Gasteiger partial charge in [-0.25, -0.2) is 0 Å². The summed E-state index contributed by atoms with van der Waals surface area (Å²) in [6.07, 6.45) is 23.6. The van der Waals surface area contributed by atoms with Gasteiger partial charge < -0.3 is 0 Å². The van der Waals surface area contributed by atoms with Crippen LogP contribution in [0.25, 0.3) is 0 Å². The van der Waals surface area contributed by atoms with Crippen LogP contribution in [0, 0.1) is 47.3 Å². The van der Waals surface area contributed by atoms with Crippen LogP contribution < -0.4 is 0 Å². The fourth-order valence-corrected chi connectivity index (χ4v) is 6.30. The largest absolute Gasteiger partial charge is 0.210 e. The fourth-order valence-electron chi connectivity index (χ4n) is 5.51. The van der Waals surface area contributed by atoms with Gasteiger partial charge in [0, 0.05) is 0 Å². The van der Waals surface area contributed by atoms with E-state index < -0.39 is 0 Å². The molecule has 2 saturated carbocycles. The average molecular weight is 353 g/mol. The number of hydrogen-bond acceptors (Lipinski definition) is 0. The molecule has 0 aromatic rings. The summed E-state index contributed by atoms with van der Waals surface area (Å²) in [5.74, 6) is 5.14. The van der Waals surface area contributed by atoms with Gasteiger partial charge in [-0.2, -0.15) is 11.1 Å². The zero-order chi connectivity index (χ0) is 16.7. The van der Waals surface area contributed by atoms with Gasteiger partial charge in [-0.1, -0.05) is 54.7 Å². The Labute approximate surface area is 153 Å². The van der Waals surface area contributed by atoms with Gasteiger partial charge in [0.1, 0.15) is 0 Å². The van der Waals surface area contributed by atoms with E-state index in [0.717, 1.165) is 0 Å². The van der Waals surface area contributed by atoms with Crippen molar-refractivity contribution in [3.8, 4) is 0 Å². The highest BCUT2D eigenvalue weighted by Crippen LogP contribution is 2.50. The minimum atomic E-state index is 0.336. The van der Waals surface area contributed by atoms with Gasteiger partial charge >= 0.3 is 0 Å². The highest BCUT2D eigenvalue weighted by molar-refractivity contribution is 6.98. The first-order chi connectivity index (χ1) is 11.7. The van der Waals surface area contributed by atoms with E-state index in [0.29, 0.717) is 56.2 Å². The first kappa shape index (κ1) is 16.4. The molecule has 0 N–H and O–H groups in total. The summed E-state index contributed by atoms with van der Waals surface area (Å²) in [5.41, 5.74) is 0. The number of allylic oxidation sites excluding steroid dienone is 10. The van der Waals surface area contributed by atoms with Crippen molar-refractivity contribution in [3.63, 3.8) is 0 Å². The Hall–Kier alpha value is -1.05. The molecule has 8 atom stereocenters. The topological polar surface area (TPSA) is 0 Å². The summed E-state index contributed by atoms with van der Waals surface area (Å²) in [5, 5.41) is 1.30. The summed E-state index contributed by atoms with van der Waals surface area (Å²) in [6, 6.07) is 0. The summed E-state index contributed by atoms with van der Waals surface area (Å²) < 4.78 is 0. The second-order valence-electron chi connectivity index (χ2n) is 7.75. The highest BCUT2D eigenvalue weighted by atomic mass is 35.6. The van der Waals surface area contributed by atoms with Crippen molar-refractivity contribution in [1.82, 2.24) is 0 Å². The monoisotopic (exact) mass is 352 g/mol. The molecule has 0 saturated heterocycles. The third-order valence-corrected chi connectivity index (χ3v) is 7.90. The van der Waals surface area contributed by atoms with Crippen molar-refractivity contribution in [2.45, 2.75) is 12.8 Å². The Bertz CT molecular complexity index is 640. The van der Waals surface area contributed by atoms with Crippen LogP contribution in [0.1, 0.15) is 12.8 Å². The highest BCUT2D eigenvalue weighted by Gasteiger charge is 2.42. The first-order valence-electron chi connectivity index (χ1n) is 9.13. The standard InChI is InChI=1S/C22H25ClSi/c1-3-19-14-5-7-16(11-14)21(19)10-9-18(24-23)13-22-17-8-6-15(12-17)20(22)4-2/h3-10,13-17,19-22H,1-2,11-12H2. The van der Waals surface area contributed by atoms with Gasteiger partial charge in [0.25, 0.3) is 0 Å². The third-order valence-electron chi connectivity index (χ3n) is 6.69. The van der Waals surface area contributed by atoms with Gasteiger partial charge in [0.2, 0.25) is 8.83 Å². The molecule has 24 heavy (non-hydrogen) atoms. The summed E-state index contributed by atoms with van der Waals surface area (Å²) in [6.45, 7) is 8.13. The number of fused-ring (bicyclic) bond motifs is 4. The van der Waals surface area contributed by atoms with Crippen LogP contribution in [0.3, 0.4) is 0 Å². The maximum Gasteiger partial charge on any atom is 0.210 e. The van der Waals surface area contributed by atoms with Gasteiger partial charge in [0.05, 0.1) is 0 Å². The molecule has 0 spiro atoms. The van der Waals surface area contributed by atoms with E-state index in [9.17, 15) is 0 Å². The number of halogens is 1. The van der Waals surface area contributed by atoms with Crippen LogP contribution in [0.4, 0.5) is 0 Å². The quantitative estimate of drug-likeness (QED) is 0.255. The third kappa shape index (κ3) is 2.66. The molecule has 0 amide bonds. The second kappa shape index (κ2) is 6.69. The normalized spacial score (nSPS) is 45.6. The van der Waals surface area contributed by atoms with Gasteiger partial charge in [-0.15, -0.1) is 13.2 Å². The lowest BCUT2D eigenvalue weighted by Crippen LogP contribution is -2.17. The zero-order valence-electron chi connectivity index (χ0n) is 14.0. The first-order valence-corrected chi connectivity index (χ1v) is 11.1. The zero-order valence-corrected chi connectivity index (χ0v) is 15.8. The minimum Gasteiger partial charge on any atom is -0.165 e. The molecule has 0 heterocycles. The van der Waals surface area contributed by atoms with Crippen LogP contribution in [-0.4, -0.2) is 8.83 Å². The lowest BCUT2D eigenvalue weighted by atomic mass is 9.82. The summed E-state index contributed by atoms with van der Waals surface area (Å²) >= 11 is 6.30. The lowest BCUT2D eigenvalue weighted by Gasteiger charge is -2.24. The summed E-state index contributed by atoms with van der Waals surface area (Å²) in [4.78, 5) is 0. The number of rotatable bonds is 6. The van der Waals surface area contributed by atoms with E-state index in [1.54, 1.807) is 0 Å². The molecule has 124 valence electrons. The predicted octanol–water partition coefficient (Wildman–Crippen LogP) is 5.53. The average Bonchev–Trinajstić information content (AvgIpc) is 3.37. The minimum absolute atomic E-state index is 0.336. The maximum atomic E-state index is 6.30. The molecule has 4 aliphatic carbocycles. The molecule has 0 aromatic heterocycles. The molecular formula is C22H25ClSi. The molecule has 4 rings (SSSR count). The Morgan fingerprint density at radius 1 is 0.833 bits per heavy atom. The van der Waals surface area contributed by atoms with E-state index in [-0.39, 0.29) is 0 Å². The van der Waals surface area contributed by atoms with Crippen molar-refractivity contribution in [3.05, 3.63) is 73.0 Å². The Morgan fingerprint density at radius 2 is 1.33 bits per heavy atom. The summed E-state index contributed by atoms with van der Waals surface area (Å²) in [7, 11) is 0.336. The lowest BCUT2D eigenvalue weighted by molar-refractivity contribution is 0.446. The molecule has 4 bridgehead atoms. The smallest absolute Gasteiger partial charge is 0.165 e. The van der Waals surface area contributed by atoms with E-state index in [4.69, 9.17) is 11.1 Å². The van der Waals surface area contributed by atoms with Crippen molar-refractivity contribution < 1.29 is 0 Å². The molecule has 2 fully saturated rings. The number of hydrogen-bond donors (Lipinski definition) is 0. The molecule has 4 aliphatic rings. The van der Waals surface area contributed by atoms with Crippen molar-refractivity contribution in [2.24, 2.45) is 47.3 Å². The van der Waals surface area contributed by atoms with E-state index in [1.807, 2.05) is 0 Å². The van der Waals surface area contributed by atoms with Crippen molar-refractivity contribution in [1.29, 1.82) is 0 Å². The predicted molar refractivity (Wildman–Crippen MR) is 105 cm³/mol. The molecule has 0 aromatic carbocycles. The molecular weight excluding hydrogens is 328 g/mol. The van der Waals surface area contributed by atoms with Gasteiger partial charge in [-0.05, 0) is 65.4 Å². The SMILES string of the molecule is C=CC1C2C=CC(C2)C1C=CC(=CC1C2C=CC(C2)C1C=C)[Si]Cl. The fraction of sp³-hybridized carbons (Fsp3) is 0.455. The molecule has 0 nitrogen and oxygen atoms in total. The Kier molecular flexibility index (Phi) is 4.57. The van der Waals surface area contributed by atoms with E-state index in [2.05, 4.69) is 67.8 Å². The van der Waals surface area contributed by atoms with Crippen LogP contribution in [0.2, 0.25) is 0 Å². The van der Waals surface area contributed by atoms with Gasteiger partial charge in [0.15, 0.2) is 0 Å². The molecule has 0 aliphatic heterocycles. The Morgan fingerprint density at radius 3 is 1.88 bits per heavy atom. The Balaban J connectivity index is 1.52. The van der Waals surface area contributed by atoms with E-state index >= 15 is 0 Å². The van der Waals surface area contributed by atoms with Crippen LogP contribution in [0.15, 0.2) is 73.0 Å². The van der Waals surface area contributed by atoms with Crippen LogP contribution in [-0.2, 0) is 0 Å². The molecule has 2 radical (unpaired) electrons. The molecule has 2 heteroatoms. The second-order valence-corrected chi connectivity index (χ2v) is 9.09. The van der Waals surface area contributed by atoms with Crippen molar-refractivity contribution in [2.75, 3.05) is 0 Å². The molecule has 8 unspecified atom stereocenters.